The minimum absolute atomic E-state index is 0.0445. The van der Waals surface area contributed by atoms with Gasteiger partial charge in [0.2, 0.25) is 11.0 Å². The second-order valence-corrected chi connectivity index (χ2v) is 10.2. The number of benzene rings is 3. The minimum atomic E-state index is -1.05. The Morgan fingerprint density at radius 1 is 0.971 bits per heavy atom. The van der Waals surface area contributed by atoms with Crippen LogP contribution in [0.4, 0.5) is 11.4 Å². The van der Waals surface area contributed by atoms with Gasteiger partial charge < -0.3 is 5.32 Å². The predicted octanol–water partition coefficient (Wildman–Crippen LogP) is 5.54. The van der Waals surface area contributed by atoms with Crippen LogP contribution in [-0.2, 0) is 9.59 Å². The van der Waals surface area contributed by atoms with E-state index in [4.69, 9.17) is 23.8 Å². The summed E-state index contributed by atoms with van der Waals surface area (Å²) in [7, 11) is 0. The smallest absolute Gasteiger partial charge is 0.269 e. The first-order chi connectivity index (χ1) is 16.7. The third-order valence-corrected chi connectivity index (χ3v) is 6.77. The Hall–Kier alpha value is -2.79. The molecule has 2 N–H and O–H groups in total. The van der Waals surface area contributed by atoms with Crippen LogP contribution in [0.5, 0.6) is 0 Å². The van der Waals surface area contributed by atoms with Crippen molar-refractivity contribution in [2.45, 2.75) is 12.5 Å². The van der Waals surface area contributed by atoms with Gasteiger partial charge in [0.25, 0.3) is 11.8 Å². The van der Waals surface area contributed by atoms with E-state index < -0.39 is 23.8 Å². The first-order valence-corrected chi connectivity index (χ1v) is 12.6. The van der Waals surface area contributed by atoms with Crippen molar-refractivity contribution in [3.63, 3.8) is 0 Å². The van der Waals surface area contributed by atoms with Gasteiger partial charge in [-0.1, -0.05) is 49.5 Å². The molecular formula is C24H17Br2ClN4O3S. The number of hydrogen-bond acceptors (Lipinski definition) is 4. The van der Waals surface area contributed by atoms with Gasteiger partial charge in [0, 0.05) is 25.2 Å². The third kappa shape index (κ3) is 5.90. The number of nitrogens with one attached hydrogen (secondary N) is 2. The van der Waals surface area contributed by atoms with E-state index in [2.05, 4.69) is 42.6 Å². The van der Waals surface area contributed by atoms with Crippen molar-refractivity contribution in [1.82, 2.24) is 10.4 Å². The van der Waals surface area contributed by atoms with E-state index in [1.54, 1.807) is 66.7 Å². The number of thiocarbonyl (C=S) groups is 1. The predicted molar refractivity (Wildman–Crippen MR) is 146 cm³/mol. The maximum atomic E-state index is 13.4. The molecule has 7 nitrogen and oxygen atoms in total. The molecule has 35 heavy (non-hydrogen) atoms. The molecule has 178 valence electrons. The van der Waals surface area contributed by atoms with Crippen molar-refractivity contribution in [2.75, 3.05) is 10.2 Å². The van der Waals surface area contributed by atoms with Crippen molar-refractivity contribution in [3.05, 3.63) is 92.3 Å². The highest BCUT2D eigenvalue weighted by molar-refractivity contribution is 9.10. The number of nitrogens with zero attached hydrogens (tertiary/aromatic N) is 2. The molecule has 0 saturated carbocycles. The highest BCUT2D eigenvalue weighted by Crippen LogP contribution is 2.28. The van der Waals surface area contributed by atoms with E-state index in [1.807, 2.05) is 6.07 Å². The molecule has 0 aromatic heterocycles. The zero-order chi connectivity index (χ0) is 25.1. The van der Waals surface area contributed by atoms with Gasteiger partial charge in [-0.2, -0.15) is 0 Å². The lowest BCUT2D eigenvalue weighted by molar-refractivity contribution is -0.124. The Morgan fingerprint density at radius 3 is 2.31 bits per heavy atom. The molecule has 1 fully saturated rings. The summed E-state index contributed by atoms with van der Waals surface area (Å²) in [6, 6.07) is 19.3. The number of carbonyl (C=O) groups is 3. The van der Waals surface area contributed by atoms with Gasteiger partial charge in [-0.15, -0.1) is 0 Å². The van der Waals surface area contributed by atoms with Gasteiger partial charge in [0.1, 0.15) is 6.04 Å². The first-order valence-electron chi connectivity index (χ1n) is 10.3. The number of halogens is 3. The van der Waals surface area contributed by atoms with Crippen LogP contribution < -0.4 is 15.6 Å². The zero-order valence-electron chi connectivity index (χ0n) is 17.9. The maximum Gasteiger partial charge on any atom is 0.269 e. The summed E-state index contributed by atoms with van der Waals surface area (Å²) < 4.78 is 1.61. The zero-order valence-corrected chi connectivity index (χ0v) is 22.6. The minimum Gasteiger partial charge on any atom is -0.326 e. The molecule has 3 amide bonds. The average Bonchev–Trinajstić information content (AvgIpc) is 3.04. The Balaban J connectivity index is 1.60. The van der Waals surface area contributed by atoms with Gasteiger partial charge in [-0.3, -0.25) is 24.7 Å². The average molecular weight is 637 g/mol. The van der Waals surface area contributed by atoms with Crippen molar-refractivity contribution in [1.29, 1.82) is 0 Å². The summed E-state index contributed by atoms with van der Waals surface area (Å²) in [5.41, 5.74) is 4.10. The van der Waals surface area contributed by atoms with Gasteiger partial charge in [0.15, 0.2) is 0 Å². The van der Waals surface area contributed by atoms with E-state index in [-0.39, 0.29) is 11.5 Å². The standard InChI is InChI=1S/C24H17Br2ClN4O3S/c25-15-6-4-14(5-7-15)22(33)29-31-20(13-21(32)28-18-3-1-2-16(26)12-18)23(34)30(24(31)35)19-10-8-17(27)9-11-19/h1-12,20H,13H2,(H,28,32)(H,29,33). The van der Waals surface area contributed by atoms with Gasteiger partial charge >= 0.3 is 0 Å². The first kappa shape index (κ1) is 25.3. The molecule has 11 heteroatoms. The fourth-order valence-electron chi connectivity index (χ4n) is 3.46. The van der Waals surface area contributed by atoms with Crippen molar-refractivity contribution in [3.8, 4) is 0 Å². The van der Waals surface area contributed by atoms with E-state index >= 15 is 0 Å². The van der Waals surface area contributed by atoms with Crippen LogP contribution in [0, 0.1) is 0 Å². The molecule has 3 aromatic carbocycles. The molecule has 1 saturated heterocycles. The van der Waals surface area contributed by atoms with Gasteiger partial charge in [-0.05, 0) is 78.9 Å². The summed E-state index contributed by atoms with van der Waals surface area (Å²) in [4.78, 5) is 40.5. The van der Waals surface area contributed by atoms with Gasteiger partial charge in [-0.25, -0.2) is 5.01 Å². The van der Waals surface area contributed by atoms with Crippen LogP contribution in [0.3, 0.4) is 0 Å². The molecule has 1 unspecified atom stereocenters. The molecule has 0 radical (unpaired) electrons. The van der Waals surface area contributed by atoms with Crippen LogP contribution in [0.15, 0.2) is 81.7 Å². The molecule has 0 spiro atoms. The van der Waals surface area contributed by atoms with Crippen LogP contribution in [0.2, 0.25) is 5.02 Å². The van der Waals surface area contributed by atoms with E-state index in [0.717, 1.165) is 8.95 Å². The molecule has 3 aromatic rings. The van der Waals surface area contributed by atoms with E-state index in [0.29, 0.717) is 22.0 Å². The summed E-state index contributed by atoms with van der Waals surface area (Å²) in [5, 5.41) is 4.58. The largest absolute Gasteiger partial charge is 0.326 e. The molecule has 1 aliphatic heterocycles. The SMILES string of the molecule is O=C(CC1C(=O)N(c2ccc(Cl)cc2)C(=S)N1NC(=O)c1ccc(Br)cc1)Nc1cccc(Br)c1. The van der Waals surface area contributed by atoms with Crippen LogP contribution in [0.25, 0.3) is 0 Å². The Kier molecular flexibility index (Phi) is 7.85. The Bertz CT molecular complexity index is 1300. The molecule has 1 aliphatic rings. The number of carbonyl (C=O) groups excluding carboxylic acids is 3. The number of anilines is 2. The van der Waals surface area contributed by atoms with Crippen LogP contribution in [-0.4, -0.2) is 33.9 Å². The highest BCUT2D eigenvalue weighted by atomic mass is 79.9. The topological polar surface area (TPSA) is 81.8 Å². The summed E-state index contributed by atoms with van der Waals surface area (Å²) in [6.07, 6.45) is -0.240. The van der Waals surface area contributed by atoms with E-state index in [1.165, 1.54) is 9.91 Å². The lowest BCUT2D eigenvalue weighted by atomic mass is 10.1. The lowest BCUT2D eigenvalue weighted by Gasteiger charge is -2.24. The number of amides is 3. The van der Waals surface area contributed by atoms with Crippen molar-refractivity contribution in [2.24, 2.45) is 0 Å². The maximum absolute atomic E-state index is 13.4. The molecule has 4 rings (SSSR count). The lowest BCUT2D eigenvalue weighted by Crippen LogP contribution is -2.49. The van der Waals surface area contributed by atoms with Crippen LogP contribution >= 0.6 is 55.7 Å². The fraction of sp³-hybridized carbons (Fsp3) is 0.0833. The normalized spacial score (nSPS) is 15.3. The quantitative estimate of drug-likeness (QED) is 0.348. The van der Waals surface area contributed by atoms with E-state index in [9.17, 15) is 14.4 Å². The second-order valence-electron chi connectivity index (χ2n) is 7.53. The molecule has 1 heterocycles. The molecular weight excluding hydrogens is 620 g/mol. The number of hydrogen-bond donors (Lipinski definition) is 2. The van der Waals surface area contributed by atoms with Gasteiger partial charge in [0.05, 0.1) is 12.1 Å². The summed E-state index contributed by atoms with van der Waals surface area (Å²) in [6.45, 7) is 0. The fourth-order valence-corrected chi connectivity index (χ4v) is 4.61. The monoisotopic (exact) mass is 634 g/mol. The highest BCUT2D eigenvalue weighted by Gasteiger charge is 2.45. The van der Waals surface area contributed by atoms with Crippen molar-refractivity contribution >= 4 is 89.9 Å². The molecule has 0 aliphatic carbocycles. The summed E-state index contributed by atoms with van der Waals surface area (Å²) in [5.74, 6) is -1.33. The van der Waals surface area contributed by atoms with Crippen LogP contribution in [0.1, 0.15) is 16.8 Å². The number of rotatable bonds is 6. The second kappa shape index (κ2) is 10.9. The summed E-state index contributed by atoms with van der Waals surface area (Å²) >= 11 is 18.2. The number of hydrazine groups is 1. The molecule has 1 atom stereocenters. The molecule has 0 bridgehead atoms. The third-order valence-electron chi connectivity index (χ3n) is 5.11. The van der Waals surface area contributed by atoms with Crippen molar-refractivity contribution < 1.29 is 14.4 Å². The Labute approximate surface area is 228 Å². The Morgan fingerprint density at radius 2 is 1.66 bits per heavy atom.